The molecule has 4 aromatic rings. The SMILES string of the molecule is Cc1ccc(NC(=O)CSc2nnc(-c3ccc(Cl)cc3Cl)n2-c2cccc(C)c2)cc1. The summed E-state index contributed by atoms with van der Waals surface area (Å²) in [5.41, 5.74) is 4.59. The molecule has 4 rings (SSSR count). The second-order valence-corrected chi connectivity index (χ2v) is 9.09. The van der Waals surface area contributed by atoms with Gasteiger partial charge in [0.05, 0.1) is 10.8 Å². The molecule has 1 N–H and O–H groups in total. The van der Waals surface area contributed by atoms with Crippen LogP contribution in [0.25, 0.3) is 17.1 Å². The maximum absolute atomic E-state index is 12.5. The standard InChI is InChI=1S/C24H20Cl2N4OS/c1-15-6-9-18(10-7-15)27-22(31)14-32-24-29-28-23(20-11-8-17(25)13-21(20)26)30(24)19-5-3-4-16(2)12-19/h3-13H,14H2,1-2H3,(H,27,31). The number of carbonyl (C=O) groups is 1. The van der Waals surface area contributed by atoms with Crippen molar-refractivity contribution in [2.24, 2.45) is 0 Å². The van der Waals surface area contributed by atoms with Gasteiger partial charge in [0.1, 0.15) is 0 Å². The molecule has 162 valence electrons. The number of halogens is 2. The number of hydrogen-bond donors (Lipinski definition) is 1. The Kier molecular flexibility index (Phi) is 6.84. The van der Waals surface area contributed by atoms with Crippen molar-refractivity contribution in [3.63, 3.8) is 0 Å². The Bertz CT molecular complexity index is 1270. The van der Waals surface area contributed by atoms with Crippen LogP contribution in [0.3, 0.4) is 0 Å². The summed E-state index contributed by atoms with van der Waals surface area (Å²) in [6.45, 7) is 4.02. The summed E-state index contributed by atoms with van der Waals surface area (Å²) in [6.07, 6.45) is 0. The Morgan fingerprint density at radius 2 is 1.75 bits per heavy atom. The van der Waals surface area contributed by atoms with E-state index in [4.69, 9.17) is 23.2 Å². The molecule has 0 bridgehead atoms. The molecule has 0 atom stereocenters. The number of aryl methyl sites for hydroxylation is 2. The van der Waals surface area contributed by atoms with Crippen molar-refractivity contribution in [3.05, 3.63) is 87.9 Å². The van der Waals surface area contributed by atoms with Gasteiger partial charge in [0.2, 0.25) is 5.91 Å². The van der Waals surface area contributed by atoms with Crippen LogP contribution in [0, 0.1) is 13.8 Å². The molecule has 0 radical (unpaired) electrons. The minimum atomic E-state index is -0.122. The van der Waals surface area contributed by atoms with Crippen molar-refractivity contribution in [1.29, 1.82) is 0 Å². The first-order valence-electron chi connectivity index (χ1n) is 9.88. The van der Waals surface area contributed by atoms with Gasteiger partial charge in [-0.05, 0) is 61.9 Å². The van der Waals surface area contributed by atoms with Gasteiger partial charge in [-0.15, -0.1) is 10.2 Å². The number of hydrogen-bond acceptors (Lipinski definition) is 4. The van der Waals surface area contributed by atoms with Gasteiger partial charge in [0.15, 0.2) is 11.0 Å². The van der Waals surface area contributed by atoms with Crippen molar-refractivity contribution in [1.82, 2.24) is 14.8 Å². The number of thioether (sulfide) groups is 1. The Morgan fingerprint density at radius 1 is 0.969 bits per heavy atom. The third-order valence-electron chi connectivity index (χ3n) is 4.73. The monoisotopic (exact) mass is 482 g/mol. The summed E-state index contributed by atoms with van der Waals surface area (Å²) >= 11 is 13.8. The number of nitrogens with zero attached hydrogens (tertiary/aromatic N) is 3. The Balaban J connectivity index is 1.64. The molecule has 1 heterocycles. The average molecular weight is 483 g/mol. The van der Waals surface area contributed by atoms with Crippen LogP contribution in [0.2, 0.25) is 10.0 Å². The van der Waals surface area contributed by atoms with Gasteiger partial charge in [0, 0.05) is 22.0 Å². The zero-order valence-electron chi connectivity index (χ0n) is 17.5. The molecule has 8 heteroatoms. The number of aromatic nitrogens is 3. The molecule has 0 saturated heterocycles. The molecule has 5 nitrogen and oxygen atoms in total. The van der Waals surface area contributed by atoms with Gasteiger partial charge in [-0.25, -0.2) is 0 Å². The lowest BCUT2D eigenvalue weighted by atomic mass is 10.2. The van der Waals surface area contributed by atoms with Crippen LogP contribution >= 0.6 is 35.0 Å². The lowest BCUT2D eigenvalue weighted by molar-refractivity contribution is -0.113. The molecule has 0 aliphatic heterocycles. The van der Waals surface area contributed by atoms with E-state index < -0.39 is 0 Å². The molecule has 0 aliphatic carbocycles. The fourth-order valence-electron chi connectivity index (χ4n) is 3.17. The molecule has 32 heavy (non-hydrogen) atoms. The molecule has 1 aromatic heterocycles. The lowest BCUT2D eigenvalue weighted by Gasteiger charge is -2.12. The van der Waals surface area contributed by atoms with E-state index in [0.29, 0.717) is 26.6 Å². The minimum absolute atomic E-state index is 0.122. The summed E-state index contributed by atoms with van der Waals surface area (Å²) in [7, 11) is 0. The molecule has 0 unspecified atom stereocenters. The van der Waals surface area contributed by atoms with Crippen molar-refractivity contribution < 1.29 is 4.79 Å². The molecule has 0 saturated carbocycles. The van der Waals surface area contributed by atoms with E-state index >= 15 is 0 Å². The fraction of sp³-hybridized carbons (Fsp3) is 0.125. The molecule has 0 spiro atoms. The third kappa shape index (κ3) is 5.15. The lowest BCUT2D eigenvalue weighted by Crippen LogP contribution is -2.14. The highest BCUT2D eigenvalue weighted by molar-refractivity contribution is 7.99. The average Bonchev–Trinajstić information content (AvgIpc) is 3.17. The first-order chi connectivity index (χ1) is 15.4. The Labute approximate surface area is 200 Å². The Hall–Kier alpha value is -2.80. The maximum atomic E-state index is 12.5. The zero-order valence-corrected chi connectivity index (χ0v) is 19.8. The number of amides is 1. The molecular weight excluding hydrogens is 463 g/mol. The van der Waals surface area contributed by atoms with E-state index in [0.717, 1.165) is 22.5 Å². The van der Waals surface area contributed by atoms with Crippen molar-refractivity contribution in [3.8, 4) is 17.1 Å². The van der Waals surface area contributed by atoms with Gasteiger partial charge < -0.3 is 5.32 Å². The maximum Gasteiger partial charge on any atom is 0.234 e. The quantitative estimate of drug-likeness (QED) is 0.315. The highest BCUT2D eigenvalue weighted by atomic mass is 35.5. The van der Waals surface area contributed by atoms with E-state index in [2.05, 4.69) is 15.5 Å². The Morgan fingerprint density at radius 3 is 2.47 bits per heavy atom. The largest absolute Gasteiger partial charge is 0.325 e. The summed E-state index contributed by atoms with van der Waals surface area (Å²) in [6, 6.07) is 20.9. The van der Waals surface area contributed by atoms with Gasteiger partial charge in [-0.2, -0.15) is 0 Å². The fourth-order valence-corrected chi connectivity index (χ4v) is 4.42. The number of nitrogens with one attached hydrogen (secondary N) is 1. The van der Waals surface area contributed by atoms with Crippen LogP contribution in [0.15, 0.2) is 71.9 Å². The van der Waals surface area contributed by atoms with Gasteiger partial charge in [-0.1, -0.05) is 64.8 Å². The number of benzene rings is 3. The predicted octanol–water partition coefficient (Wildman–Crippen LogP) is 6.59. The summed E-state index contributed by atoms with van der Waals surface area (Å²) in [4.78, 5) is 12.5. The number of carbonyl (C=O) groups excluding carboxylic acids is 1. The van der Waals surface area contributed by atoms with Crippen LogP contribution in [0.4, 0.5) is 5.69 Å². The third-order valence-corrected chi connectivity index (χ3v) is 6.21. The highest BCUT2D eigenvalue weighted by Crippen LogP contribution is 2.33. The minimum Gasteiger partial charge on any atom is -0.325 e. The topological polar surface area (TPSA) is 59.8 Å². The van der Waals surface area contributed by atoms with E-state index in [1.807, 2.05) is 73.0 Å². The smallest absolute Gasteiger partial charge is 0.234 e. The number of anilines is 1. The van der Waals surface area contributed by atoms with E-state index in [1.165, 1.54) is 11.8 Å². The van der Waals surface area contributed by atoms with Gasteiger partial charge >= 0.3 is 0 Å². The highest BCUT2D eigenvalue weighted by Gasteiger charge is 2.19. The normalized spacial score (nSPS) is 10.9. The molecule has 3 aromatic carbocycles. The molecule has 0 aliphatic rings. The summed E-state index contributed by atoms with van der Waals surface area (Å²) < 4.78 is 1.91. The van der Waals surface area contributed by atoms with Crippen LogP contribution in [-0.4, -0.2) is 26.4 Å². The molecule has 0 fully saturated rings. The van der Waals surface area contributed by atoms with Crippen molar-refractivity contribution in [2.45, 2.75) is 19.0 Å². The van der Waals surface area contributed by atoms with Crippen LogP contribution < -0.4 is 5.32 Å². The van der Waals surface area contributed by atoms with E-state index in [9.17, 15) is 4.79 Å². The van der Waals surface area contributed by atoms with Crippen LogP contribution in [0.1, 0.15) is 11.1 Å². The van der Waals surface area contributed by atoms with Crippen LogP contribution in [0.5, 0.6) is 0 Å². The number of rotatable bonds is 6. The summed E-state index contributed by atoms with van der Waals surface area (Å²) in [5.74, 6) is 0.647. The first-order valence-corrected chi connectivity index (χ1v) is 11.6. The van der Waals surface area contributed by atoms with Gasteiger partial charge in [-0.3, -0.25) is 9.36 Å². The first kappa shape index (κ1) is 22.4. The molecular formula is C24H20Cl2N4OS. The van der Waals surface area contributed by atoms with E-state index in [-0.39, 0.29) is 11.7 Å². The predicted molar refractivity (Wildman–Crippen MR) is 132 cm³/mol. The second kappa shape index (κ2) is 9.77. The second-order valence-electron chi connectivity index (χ2n) is 7.31. The zero-order chi connectivity index (χ0) is 22.7. The summed E-state index contributed by atoms with van der Waals surface area (Å²) in [5, 5.41) is 13.3. The van der Waals surface area contributed by atoms with Crippen LogP contribution in [-0.2, 0) is 4.79 Å². The van der Waals surface area contributed by atoms with Crippen molar-refractivity contribution >= 4 is 46.6 Å². The molecule has 1 amide bonds. The van der Waals surface area contributed by atoms with Crippen molar-refractivity contribution in [2.75, 3.05) is 11.1 Å². The van der Waals surface area contributed by atoms with E-state index in [1.54, 1.807) is 12.1 Å². The van der Waals surface area contributed by atoms with Gasteiger partial charge in [0.25, 0.3) is 0 Å².